The van der Waals surface area contributed by atoms with Crippen LogP contribution < -0.4 is 11.1 Å². The van der Waals surface area contributed by atoms with Crippen LogP contribution in [0.5, 0.6) is 0 Å². The van der Waals surface area contributed by atoms with E-state index in [1.165, 1.54) is 0 Å². The van der Waals surface area contributed by atoms with Crippen LogP contribution in [0.4, 0.5) is 5.69 Å². The highest BCUT2D eigenvalue weighted by Crippen LogP contribution is 2.18. The fourth-order valence-electron chi connectivity index (χ4n) is 2.60. The number of aromatic amines is 1. The van der Waals surface area contributed by atoms with Crippen molar-refractivity contribution in [3.8, 4) is 0 Å². The van der Waals surface area contributed by atoms with Crippen LogP contribution in [0.3, 0.4) is 0 Å². The van der Waals surface area contributed by atoms with E-state index >= 15 is 0 Å². The molecule has 0 spiro atoms. The number of amides is 2. The lowest BCUT2D eigenvalue weighted by Crippen LogP contribution is -2.38. The number of likely N-dealkylation sites (tertiary alicyclic amines) is 1. The van der Waals surface area contributed by atoms with Gasteiger partial charge in [-0.05, 0) is 37.1 Å². The number of benzene rings is 1. The largest absolute Gasteiger partial charge is 0.399 e. The third-order valence-electron chi connectivity index (χ3n) is 3.75. The van der Waals surface area contributed by atoms with E-state index in [-0.39, 0.29) is 18.4 Å². The first-order chi connectivity index (χ1) is 10.1. The van der Waals surface area contributed by atoms with E-state index < -0.39 is 0 Å². The van der Waals surface area contributed by atoms with E-state index in [2.05, 4.69) is 10.3 Å². The fourth-order valence-corrected chi connectivity index (χ4v) is 2.60. The Labute approximate surface area is 122 Å². The Balaban J connectivity index is 1.65. The standard InChI is InChI=1S/C15H18N4O2/c16-11-3-4-12-10(7-11)8-13(18-12)15(21)17-9-14(20)19-5-1-2-6-19/h3-4,7-8,18H,1-2,5-6,9,16H2,(H,17,21). The summed E-state index contributed by atoms with van der Waals surface area (Å²) in [7, 11) is 0. The number of hydrogen-bond acceptors (Lipinski definition) is 3. The first-order valence-corrected chi connectivity index (χ1v) is 7.08. The maximum atomic E-state index is 12.1. The molecule has 2 amide bonds. The van der Waals surface area contributed by atoms with E-state index in [0.717, 1.165) is 36.8 Å². The number of nitrogens with one attached hydrogen (secondary N) is 2. The summed E-state index contributed by atoms with van der Waals surface area (Å²) in [5, 5.41) is 3.54. The Morgan fingerprint density at radius 1 is 1.24 bits per heavy atom. The number of carbonyl (C=O) groups is 2. The quantitative estimate of drug-likeness (QED) is 0.738. The van der Waals surface area contributed by atoms with Gasteiger partial charge in [0.05, 0.1) is 6.54 Å². The van der Waals surface area contributed by atoms with Crippen LogP contribution in [0.15, 0.2) is 24.3 Å². The summed E-state index contributed by atoms with van der Waals surface area (Å²) in [6, 6.07) is 7.15. The molecule has 110 valence electrons. The lowest BCUT2D eigenvalue weighted by Gasteiger charge is -2.15. The minimum absolute atomic E-state index is 0.0267. The van der Waals surface area contributed by atoms with Gasteiger partial charge in [0.2, 0.25) is 5.91 Å². The van der Waals surface area contributed by atoms with E-state index in [9.17, 15) is 9.59 Å². The van der Waals surface area contributed by atoms with Crippen molar-refractivity contribution in [1.29, 1.82) is 0 Å². The predicted molar refractivity (Wildman–Crippen MR) is 80.9 cm³/mol. The van der Waals surface area contributed by atoms with E-state index in [4.69, 9.17) is 5.73 Å². The molecule has 0 saturated carbocycles. The SMILES string of the molecule is Nc1ccc2[nH]c(C(=O)NCC(=O)N3CCCC3)cc2c1. The van der Waals surface area contributed by atoms with Gasteiger partial charge in [-0.3, -0.25) is 9.59 Å². The van der Waals surface area contributed by atoms with Crippen LogP contribution in [-0.4, -0.2) is 41.3 Å². The fraction of sp³-hybridized carbons (Fsp3) is 0.333. The van der Waals surface area contributed by atoms with Crippen LogP contribution in [0.1, 0.15) is 23.3 Å². The minimum atomic E-state index is -0.280. The zero-order valence-corrected chi connectivity index (χ0v) is 11.7. The normalized spacial score (nSPS) is 14.6. The molecule has 2 heterocycles. The number of carbonyl (C=O) groups excluding carboxylic acids is 2. The molecule has 1 aliphatic heterocycles. The van der Waals surface area contributed by atoms with E-state index in [1.807, 2.05) is 6.07 Å². The second-order valence-electron chi connectivity index (χ2n) is 5.30. The number of aromatic nitrogens is 1. The molecule has 0 unspecified atom stereocenters. The van der Waals surface area contributed by atoms with Gasteiger partial charge >= 0.3 is 0 Å². The molecule has 3 rings (SSSR count). The Morgan fingerprint density at radius 3 is 2.76 bits per heavy atom. The summed E-state index contributed by atoms with van der Waals surface area (Å²) in [4.78, 5) is 28.8. The summed E-state index contributed by atoms with van der Waals surface area (Å²) < 4.78 is 0. The molecular formula is C15H18N4O2. The second-order valence-corrected chi connectivity index (χ2v) is 5.30. The van der Waals surface area contributed by atoms with Crippen molar-refractivity contribution in [3.05, 3.63) is 30.0 Å². The van der Waals surface area contributed by atoms with Gasteiger partial charge in [0.25, 0.3) is 5.91 Å². The molecule has 1 aromatic heterocycles. The Bertz CT molecular complexity index is 686. The number of H-pyrrole nitrogens is 1. The molecule has 6 nitrogen and oxygen atoms in total. The number of hydrogen-bond donors (Lipinski definition) is 3. The molecule has 1 fully saturated rings. The Kier molecular flexibility index (Phi) is 3.51. The molecule has 0 aliphatic carbocycles. The van der Waals surface area contributed by atoms with Gasteiger partial charge in [-0.2, -0.15) is 0 Å². The molecule has 0 atom stereocenters. The minimum Gasteiger partial charge on any atom is -0.399 e. The summed E-state index contributed by atoms with van der Waals surface area (Å²) in [5.41, 5.74) is 7.65. The van der Waals surface area contributed by atoms with E-state index in [1.54, 1.807) is 23.1 Å². The van der Waals surface area contributed by atoms with Gasteiger partial charge in [-0.15, -0.1) is 0 Å². The summed E-state index contributed by atoms with van der Waals surface area (Å²) >= 11 is 0. The molecule has 21 heavy (non-hydrogen) atoms. The number of nitrogen functional groups attached to an aromatic ring is 1. The highest BCUT2D eigenvalue weighted by molar-refractivity contribution is 5.99. The van der Waals surface area contributed by atoms with Crippen LogP contribution >= 0.6 is 0 Å². The number of fused-ring (bicyclic) bond motifs is 1. The first-order valence-electron chi connectivity index (χ1n) is 7.08. The number of anilines is 1. The maximum Gasteiger partial charge on any atom is 0.268 e. The van der Waals surface area contributed by atoms with Gasteiger partial charge in [0.1, 0.15) is 5.69 Å². The van der Waals surface area contributed by atoms with Crippen molar-refractivity contribution < 1.29 is 9.59 Å². The summed E-state index contributed by atoms with van der Waals surface area (Å²) in [6.07, 6.45) is 2.09. The molecular weight excluding hydrogens is 268 g/mol. The topological polar surface area (TPSA) is 91.2 Å². The smallest absolute Gasteiger partial charge is 0.268 e. The Morgan fingerprint density at radius 2 is 2.00 bits per heavy atom. The van der Waals surface area contributed by atoms with Gasteiger partial charge in [-0.25, -0.2) is 0 Å². The van der Waals surface area contributed by atoms with Crippen molar-refractivity contribution in [2.45, 2.75) is 12.8 Å². The average Bonchev–Trinajstić information content (AvgIpc) is 3.12. The molecule has 1 saturated heterocycles. The molecule has 1 aromatic carbocycles. The highest BCUT2D eigenvalue weighted by Gasteiger charge is 2.18. The molecule has 0 radical (unpaired) electrons. The van der Waals surface area contributed by atoms with Crippen LogP contribution in [0, 0.1) is 0 Å². The zero-order chi connectivity index (χ0) is 14.8. The van der Waals surface area contributed by atoms with Crippen molar-refractivity contribution in [3.63, 3.8) is 0 Å². The molecule has 4 N–H and O–H groups in total. The summed E-state index contributed by atoms with van der Waals surface area (Å²) in [6.45, 7) is 1.62. The van der Waals surface area contributed by atoms with Crippen LogP contribution in [0.25, 0.3) is 10.9 Å². The maximum absolute atomic E-state index is 12.1. The lowest BCUT2D eigenvalue weighted by molar-refractivity contribution is -0.129. The highest BCUT2D eigenvalue weighted by atomic mass is 16.2. The molecule has 2 aromatic rings. The van der Waals surface area contributed by atoms with E-state index in [0.29, 0.717) is 11.4 Å². The van der Waals surface area contributed by atoms with Crippen molar-refractivity contribution in [1.82, 2.24) is 15.2 Å². The van der Waals surface area contributed by atoms with Gasteiger partial charge in [-0.1, -0.05) is 0 Å². The molecule has 6 heteroatoms. The first kappa shape index (κ1) is 13.5. The van der Waals surface area contributed by atoms with Crippen molar-refractivity contribution >= 4 is 28.4 Å². The second kappa shape index (κ2) is 5.47. The van der Waals surface area contributed by atoms with Crippen molar-refractivity contribution in [2.75, 3.05) is 25.4 Å². The van der Waals surface area contributed by atoms with Gasteiger partial charge in [0, 0.05) is 29.7 Å². The Hall–Kier alpha value is -2.50. The average molecular weight is 286 g/mol. The van der Waals surface area contributed by atoms with Crippen LogP contribution in [0.2, 0.25) is 0 Å². The third-order valence-corrected chi connectivity index (χ3v) is 3.75. The predicted octanol–water partition coefficient (Wildman–Crippen LogP) is 1.10. The summed E-state index contributed by atoms with van der Waals surface area (Å²) in [5.74, 6) is -0.307. The monoisotopic (exact) mass is 286 g/mol. The molecule has 0 bridgehead atoms. The number of nitrogens with two attached hydrogens (primary N) is 1. The molecule has 1 aliphatic rings. The third kappa shape index (κ3) is 2.84. The lowest BCUT2D eigenvalue weighted by atomic mass is 10.2. The zero-order valence-electron chi connectivity index (χ0n) is 11.7. The van der Waals surface area contributed by atoms with Gasteiger partial charge in [0.15, 0.2) is 0 Å². The van der Waals surface area contributed by atoms with Crippen LogP contribution in [-0.2, 0) is 4.79 Å². The van der Waals surface area contributed by atoms with Crippen molar-refractivity contribution in [2.24, 2.45) is 0 Å². The number of nitrogens with zero attached hydrogens (tertiary/aromatic N) is 1. The van der Waals surface area contributed by atoms with Gasteiger partial charge < -0.3 is 20.9 Å². The number of rotatable bonds is 3.